The monoisotopic (exact) mass is 251 g/mol. The van der Waals surface area contributed by atoms with Crippen molar-refractivity contribution in [3.05, 3.63) is 39.4 Å². The van der Waals surface area contributed by atoms with E-state index in [1.165, 1.54) is 12.1 Å². The molecule has 0 saturated carbocycles. The number of rotatable bonds is 6. The molecule has 98 valence electrons. The largest absolute Gasteiger partial charge is 0.352 e. The van der Waals surface area contributed by atoms with Crippen molar-refractivity contribution in [1.29, 1.82) is 0 Å². The van der Waals surface area contributed by atoms with Gasteiger partial charge in [-0.25, -0.2) is 0 Å². The van der Waals surface area contributed by atoms with Crippen molar-refractivity contribution >= 4 is 11.6 Å². The van der Waals surface area contributed by atoms with Gasteiger partial charge in [0.05, 0.1) is 4.92 Å². The minimum absolute atomic E-state index is 0.0374. The molecule has 1 aromatic carbocycles. The number of nitro groups is 1. The van der Waals surface area contributed by atoms with E-state index in [0.29, 0.717) is 24.2 Å². The normalized spacial score (nSPS) is 10.1. The Hall–Kier alpha value is -1.95. The summed E-state index contributed by atoms with van der Waals surface area (Å²) in [5.41, 5.74) is 6.04. The number of unbranched alkanes of at least 4 members (excludes halogenated alkanes) is 1. The van der Waals surface area contributed by atoms with E-state index in [9.17, 15) is 14.9 Å². The lowest BCUT2D eigenvalue weighted by molar-refractivity contribution is -0.385. The Morgan fingerprint density at radius 3 is 2.78 bits per heavy atom. The fourth-order valence-corrected chi connectivity index (χ4v) is 1.63. The third kappa shape index (κ3) is 3.53. The summed E-state index contributed by atoms with van der Waals surface area (Å²) in [5, 5.41) is 13.5. The second-order valence-corrected chi connectivity index (χ2v) is 3.96. The quantitative estimate of drug-likeness (QED) is 0.453. The van der Waals surface area contributed by atoms with Crippen LogP contribution in [0, 0.1) is 17.0 Å². The average molecular weight is 251 g/mol. The maximum Gasteiger partial charge on any atom is 0.273 e. The van der Waals surface area contributed by atoms with Crippen LogP contribution in [0.15, 0.2) is 18.2 Å². The fourth-order valence-electron chi connectivity index (χ4n) is 1.63. The molecule has 0 bridgehead atoms. The maximum atomic E-state index is 11.8. The van der Waals surface area contributed by atoms with E-state index in [4.69, 9.17) is 5.73 Å². The van der Waals surface area contributed by atoms with Gasteiger partial charge in [0, 0.05) is 23.7 Å². The fraction of sp³-hybridized carbons (Fsp3) is 0.417. The van der Waals surface area contributed by atoms with Gasteiger partial charge in [-0.15, -0.1) is 0 Å². The lowest BCUT2D eigenvalue weighted by Crippen LogP contribution is -2.25. The van der Waals surface area contributed by atoms with E-state index in [2.05, 4.69) is 5.32 Å². The Morgan fingerprint density at radius 1 is 1.44 bits per heavy atom. The van der Waals surface area contributed by atoms with Crippen molar-refractivity contribution in [1.82, 2.24) is 5.32 Å². The number of hydrogen-bond donors (Lipinski definition) is 2. The molecule has 0 aliphatic rings. The van der Waals surface area contributed by atoms with Gasteiger partial charge in [-0.2, -0.15) is 0 Å². The van der Waals surface area contributed by atoms with Crippen LogP contribution in [-0.4, -0.2) is 23.9 Å². The Labute approximate surface area is 105 Å². The topological polar surface area (TPSA) is 98.3 Å². The van der Waals surface area contributed by atoms with Crippen molar-refractivity contribution in [2.45, 2.75) is 19.8 Å². The first-order chi connectivity index (χ1) is 8.57. The van der Waals surface area contributed by atoms with Crippen molar-refractivity contribution < 1.29 is 9.72 Å². The van der Waals surface area contributed by atoms with Crippen LogP contribution < -0.4 is 11.1 Å². The molecule has 1 aromatic rings. The minimum Gasteiger partial charge on any atom is -0.352 e. The number of benzene rings is 1. The van der Waals surface area contributed by atoms with Crippen molar-refractivity contribution in [2.75, 3.05) is 13.1 Å². The Morgan fingerprint density at radius 2 is 2.17 bits per heavy atom. The van der Waals surface area contributed by atoms with Crippen LogP contribution in [0.1, 0.15) is 28.8 Å². The molecule has 0 saturated heterocycles. The highest BCUT2D eigenvalue weighted by Crippen LogP contribution is 2.20. The molecule has 3 N–H and O–H groups in total. The molecule has 0 aliphatic carbocycles. The number of nitrogens with two attached hydrogens (primary N) is 1. The van der Waals surface area contributed by atoms with E-state index in [1.807, 2.05) is 0 Å². The highest BCUT2D eigenvalue weighted by atomic mass is 16.6. The van der Waals surface area contributed by atoms with Crippen LogP contribution in [0.2, 0.25) is 0 Å². The molecular formula is C12H17N3O3. The van der Waals surface area contributed by atoms with E-state index in [-0.39, 0.29) is 11.6 Å². The third-order valence-electron chi connectivity index (χ3n) is 2.66. The Kier molecular flexibility index (Phi) is 5.26. The Balaban J connectivity index is 2.74. The molecule has 0 aromatic heterocycles. The average Bonchev–Trinajstić information content (AvgIpc) is 2.34. The summed E-state index contributed by atoms with van der Waals surface area (Å²) in [4.78, 5) is 22.1. The molecule has 0 unspecified atom stereocenters. The van der Waals surface area contributed by atoms with Crippen LogP contribution in [0.3, 0.4) is 0 Å². The molecule has 6 heteroatoms. The van der Waals surface area contributed by atoms with Gasteiger partial charge in [-0.05, 0) is 32.4 Å². The van der Waals surface area contributed by atoms with Gasteiger partial charge < -0.3 is 11.1 Å². The number of nitrogens with one attached hydrogen (secondary N) is 1. The summed E-state index contributed by atoms with van der Waals surface area (Å²) in [6.07, 6.45) is 1.64. The van der Waals surface area contributed by atoms with Crippen LogP contribution in [0.25, 0.3) is 0 Å². The molecule has 0 atom stereocenters. The van der Waals surface area contributed by atoms with Gasteiger partial charge in [0.2, 0.25) is 0 Å². The van der Waals surface area contributed by atoms with Gasteiger partial charge in [0.1, 0.15) is 0 Å². The third-order valence-corrected chi connectivity index (χ3v) is 2.66. The van der Waals surface area contributed by atoms with Crippen molar-refractivity contribution in [3.8, 4) is 0 Å². The second-order valence-electron chi connectivity index (χ2n) is 3.96. The minimum atomic E-state index is -0.486. The first kappa shape index (κ1) is 14.1. The molecule has 0 aliphatic heterocycles. The van der Waals surface area contributed by atoms with Crippen LogP contribution in [-0.2, 0) is 0 Å². The highest BCUT2D eigenvalue weighted by Gasteiger charge is 2.17. The number of carbonyl (C=O) groups excluding carboxylic acids is 1. The highest BCUT2D eigenvalue weighted by molar-refractivity contribution is 5.96. The predicted octanol–water partition coefficient (Wildman–Crippen LogP) is 1.37. The number of amides is 1. The van der Waals surface area contributed by atoms with Crippen LogP contribution in [0.4, 0.5) is 5.69 Å². The summed E-state index contributed by atoms with van der Waals surface area (Å²) in [6, 6.07) is 4.49. The molecule has 6 nitrogen and oxygen atoms in total. The van der Waals surface area contributed by atoms with Crippen LogP contribution in [0.5, 0.6) is 0 Å². The van der Waals surface area contributed by atoms with Gasteiger partial charge in [-0.1, -0.05) is 6.07 Å². The van der Waals surface area contributed by atoms with E-state index in [0.717, 1.165) is 12.8 Å². The van der Waals surface area contributed by atoms with E-state index in [1.54, 1.807) is 13.0 Å². The zero-order valence-corrected chi connectivity index (χ0v) is 10.3. The molecule has 1 amide bonds. The van der Waals surface area contributed by atoms with E-state index >= 15 is 0 Å². The summed E-state index contributed by atoms with van der Waals surface area (Å²) < 4.78 is 0. The molecule has 0 spiro atoms. The molecule has 1 rings (SSSR count). The van der Waals surface area contributed by atoms with E-state index < -0.39 is 4.92 Å². The number of carbonyl (C=O) groups is 1. The molecule has 18 heavy (non-hydrogen) atoms. The molecule has 0 fully saturated rings. The first-order valence-electron chi connectivity index (χ1n) is 5.80. The lowest BCUT2D eigenvalue weighted by Gasteiger charge is -2.07. The summed E-state index contributed by atoms with van der Waals surface area (Å²) in [5.74, 6) is -0.284. The van der Waals surface area contributed by atoms with Gasteiger partial charge in [-0.3, -0.25) is 14.9 Å². The predicted molar refractivity (Wildman–Crippen MR) is 68.5 cm³/mol. The smallest absolute Gasteiger partial charge is 0.273 e. The van der Waals surface area contributed by atoms with Gasteiger partial charge in [0.15, 0.2) is 0 Å². The number of nitrogens with zero attached hydrogens (tertiary/aromatic N) is 1. The summed E-state index contributed by atoms with van der Waals surface area (Å²) >= 11 is 0. The zero-order chi connectivity index (χ0) is 13.5. The van der Waals surface area contributed by atoms with Gasteiger partial charge in [0.25, 0.3) is 11.6 Å². The number of hydrogen-bond acceptors (Lipinski definition) is 4. The lowest BCUT2D eigenvalue weighted by atomic mass is 10.1. The van der Waals surface area contributed by atoms with Gasteiger partial charge >= 0.3 is 0 Å². The second kappa shape index (κ2) is 6.70. The first-order valence-corrected chi connectivity index (χ1v) is 5.80. The van der Waals surface area contributed by atoms with Crippen molar-refractivity contribution in [3.63, 3.8) is 0 Å². The molecule has 0 heterocycles. The number of nitro benzene ring substituents is 1. The van der Waals surface area contributed by atoms with Crippen molar-refractivity contribution in [2.24, 2.45) is 5.73 Å². The zero-order valence-electron chi connectivity index (χ0n) is 10.3. The molecular weight excluding hydrogens is 234 g/mol. The maximum absolute atomic E-state index is 11.8. The van der Waals surface area contributed by atoms with Crippen LogP contribution >= 0.6 is 0 Å². The molecule has 0 radical (unpaired) electrons. The standard InChI is InChI=1S/C12H17N3O3/c1-9-10(5-4-6-11(9)15(17)18)12(16)14-8-3-2-7-13/h4-6H,2-3,7-8,13H2,1H3,(H,14,16). The Bertz CT molecular complexity index is 446. The summed E-state index contributed by atoms with van der Waals surface area (Å²) in [6.45, 7) is 2.69. The summed E-state index contributed by atoms with van der Waals surface area (Å²) in [7, 11) is 0. The SMILES string of the molecule is Cc1c(C(=O)NCCCCN)cccc1[N+](=O)[O-].